The third-order valence-electron chi connectivity index (χ3n) is 3.66. The molecule has 2 aromatic heterocycles. The van der Waals surface area contributed by atoms with E-state index >= 15 is 0 Å². The van der Waals surface area contributed by atoms with Gasteiger partial charge in [-0.1, -0.05) is 6.07 Å². The fourth-order valence-electron chi connectivity index (χ4n) is 2.52. The summed E-state index contributed by atoms with van der Waals surface area (Å²) in [5.74, 6) is 0.835. The van der Waals surface area contributed by atoms with Crippen LogP contribution < -0.4 is 5.73 Å². The SMILES string of the molecule is Cc1c(-c2ccccn2)nn(C2CCS(=O)(=O)C2)c1N. The average molecular weight is 292 g/mol. The molecule has 1 aliphatic rings. The highest BCUT2D eigenvalue weighted by Crippen LogP contribution is 2.31. The standard InChI is InChI=1S/C13H16N4O2S/c1-9-12(11-4-2-3-6-15-11)16-17(13(9)14)10-5-7-20(18,19)8-10/h2-4,6,10H,5,7-8,14H2,1H3. The van der Waals surface area contributed by atoms with Gasteiger partial charge in [0.2, 0.25) is 0 Å². The molecule has 6 nitrogen and oxygen atoms in total. The van der Waals surface area contributed by atoms with Gasteiger partial charge in [0.05, 0.1) is 23.2 Å². The van der Waals surface area contributed by atoms with Gasteiger partial charge in [-0.25, -0.2) is 13.1 Å². The lowest BCUT2D eigenvalue weighted by molar-refractivity contribution is 0.508. The van der Waals surface area contributed by atoms with E-state index in [9.17, 15) is 8.42 Å². The van der Waals surface area contributed by atoms with Crippen molar-refractivity contribution in [3.05, 3.63) is 30.0 Å². The van der Waals surface area contributed by atoms with Crippen LogP contribution >= 0.6 is 0 Å². The predicted molar refractivity (Wildman–Crippen MR) is 76.9 cm³/mol. The fourth-order valence-corrected chi connectivity index (χ4v) is 4.21. The summed E-state index contributed by atoms with van der Waals surface area (Å²) >= 11 is 0. The van der Waals surface area contributed by atoms with Crippen molar-refractivity contribution in [3.8, 4) is 11.4 Å². The van der Waals surface area contributed by atoms with E-state index in [0.29, 0.717) is 17.9 Å². The number of anilines is 1. The lowest BCUT2D eigenvalue weighted by atomic mass is 10.2. The zero-order chi connectivity index (χ0) is 14.3. The molecule has 2 aromatic rings. The smallest absolute Gasteiger partial charge is 0.152 e. The summed E-state index contributed by atoms with van der Waals surface area (Å²) in [5, 5.41) is 4.49. The van der Waals surface area contributed by atoms with Crippen LogP contribution in [0.15, 0.2) is 24.4 Å². The minimum Gasteiger partial charge on any atom is -0.384 e. The quantitative estimate of drug-likeness (QED) is 0.898. The molecule has 0 spiro atoms. The number of pyridine rings is 1. The highest BCUT2D eigenvalue weighted by atomic mass is 32.2. The number of nitrogens with two attached hydrogens (primary N) is 1. The molecule has 0 amide bonds. The van der Waals surface area contributed by atoms with Crippen LogP contribution in [0.5, 0.6) is 0 Å². The van der Waals surface area contributed by atoms with E-state index in [1.54, 1.807) is 10.9 Å². The molecule has 0 aliphatic carbocycles. The number of sulfone groups is 1. The molecule has 3 heterocycles. The number of nitrogen functional groups attached to an aromatic ring is 1. The molecule has 0 aromatic carbocycles. The van der Waals surface area contributed by atoms with Crippen LogP contribution in [0.2, 0.25) is 0 Å². The van der Waals surface area contributed by atoms with Gasteiger partial charge in [0.25, 0.3) is 0 Å². The summed E-state index contributed by atoms with van der Waals surface area (Å²) in [6.07, 6.45) is 2.26. The van der Waals surface area contributed by atoms with Crippen LogP contribution in [0.4, 0.5) is 5.82 Å². The van der Waals surface area contributed by atoms with Gasteiger partial charge in [0.15, 0.2) is 9.84 Å². The average Bonchev–Trinajstić information content (AvgIpc) is 2.93. The van der Waals surface area contributed by atoms with Gasteiger partial charge in [-0.2, -0.15) is 5.10 Å². The molecule has 2 N–H and O–H groups in total. The van der Waals surface area contributed by atoms with Crippen molar-refractivity contribution >= 4 is 15.7 Å². The van der Waals surface area contributed by atoms with Crippen LogP contribution in [0.1, 0.15) is 18.0 Å². The van der Waals surface area contributed by atoms with E-state index in [1.165, 1.54) is 0 Å². The van der Waals surface area contributed by atoms with E-state index in [1.807, 2.05) is 25.1 Å². The lowest BCUT2D eigenvalue weighted by Crippen LogP contribution is -2.14. The van der Waals surface area contributed by atoms with Gasteiger partial charge >= 0.3 is 0 Å². The molecule has 20 heavy (non-hydrogen) atoms. The van der Waals surface area contributed by atoms with Gasteiger partial charge < -0.3 is 5.73 Å². The highest BCUT2D eigenvalue weighted by Gasteiger charge is 2.31. The molecule has 7 heteroatoms. The maximum atomic E-state index is 11.6. The van der Waals surface area contributed by atoms with Crippen molar-refractivity contribution in [1.82, 2.24) is 14.8 Å². The van der Waals surface area contributed by atoms with Crippen LogP contribution in [0.25, 0.3) is 11.4 Å². The van der Waals surface area contributed by atoms with Crippen LogP contribution in [-0.2, 0) is 9.84 Å². The molecule has 0 radical (unpaired) electrons. The van der Waals surface area contributed by atoms with Crippen molar-refractivity contribution in [2.24, 2.45) is 0 Å². The van der Waals surface area contributed by atoms with E-state index in [4.69, 9.17) is 5.73 Å². The predicted octanol–water partition coefficient (Wildman–Crippen LogP) is 1.20. The highest BCUT2D eigenvalue weighted by molar-refractivity contribution is 7.91. The Labute approximate surface area is 117 Å². The Balaban J connectivity index is 2.03. The molecule has 1 aliphatic heterocycles. The first-order valence-corrected chi connectivity index (χ1v) is 8.26. The second-order valence-electron chi connectivity index (χ2n) is 5.08. The van der Waals surface area contributed by atoms with Gasteiger partial charge in [-0.15, -0.1) is 0 Å². The van der Waals surface area contributed by atoms with E-state index in [2.05, 4.69) is 10.1 Å². The maximum Gasteiger partial charge on any atom is 0.152 e. The molecular formula is C13H16N4O2S. The van der Waals surface area contributed by atoms with Crippen LogP contribution in [0.3, 0.4) is 0 Å². The largest absolute Gasteiger partial charge is 0.384 e. The van der Waals surface area contributed by atoms with Crippen LogP contribution in [-0.4, -0.2) is 34.7 Å². The second-order valence-corrected chi connectivity index (χ2v) is 7.30. The Morgan fingerprint density at radius 3 is 2.80 bits per heavy atom. The molecule has 3 rings (SSSR count). The molecular weight excluding hydrogens is 276 g/mol. The monoisotopic (exact) mass is 292 g/mol. The summed E-state index contributed by atoms with van der Waals surface area (Å²) in [6, 6.07) is 5.42. The number of hydrogen-bond donors (Lipinski definition) is 1. The van der Waals surface area contributed by atoms with Gasteiger partial charge in [0.1, 0.15) is 11.5 Å². The van der Waals surface area contributed by atoms with Crippen molar-refractivity contribution < 1.29 is 8.42 Å². The Morgan fingerprint density at radius 2 is 2.20 bits per heavy atom. The summed E-state index contributed by atoms with van der Waals surface area (Å²) in [7, 11) is -2.96. The second kappa shape index (κ2) is 4.59. The lowest BCUT2D eigenvalue weighted by Gasteiger charge is -2.10. The molecule has 0 saturated carbocycles. The molecule has 1 atom stereocenters. The zero-order valence-electron chi connectivity index (χ0n) is 11.2. The van der Waals surface area contributed by atoms with E-state index in [0.717, 1.165) is 11.3 Å². The number of nitrogens with zero attached hydrogens (tertiary/aromatic N) is 3. The fraction of sp³-hybridized carbons (Fsp3) is 0.385. The van der Waals surface area contributed by atoms with Gasteiger partial charge in [-0.3, -0.25) is 4.98 Å². The zero-order valence-corrected chi connectivity index (χ0v) is 12.0. The van der Waals surface area contributed by atoms with Gasteiger partial charge in [0, 0.05) is 11.8 Å². The Kier molecular flexibility index (Phi) is 3.01. The topological polar surface area (TPSA) is 90.9 Å². The first kappa shape index (κ1) is 13.1. The third kappa shape index (κ3) is 2.18. The Bertz CT molecular complexity index is 737. The van der Waals surface area contributed by atoms with E-state index in [-0.39, 0.29) is 17.5 Å². The first-order valence-electron chi connectivity index (χ1n) is 6.44. The first-order chi connectivity index (χ1) is 9.48. The summed E-state index contributed by atoms with van der Waals surface area (Å²) in [6.45, 7) is 1.88. The van der Waals surface area contributed by atoms with Crippen molar-refractivity contribution in [2.45, 2.75) is 19.4 Å². The minimum absolute atomic E-state index is 0.111. The summed E-state index contributed by atoms with van der Waals surface area (Å²) in [4.78, 5) is 4.27. The number of rotatable bonds is 2. The van der Waals surface area contributed by atoms with Crippen molar-refractivity contribution in [1.29, 1.82) is 0 Å². The minimum atomic E-state index is -2.96. The van der Waals surface area contributed by atoms with Crippen molar-refractivity contribution in [2.75, 3.05) is 17.2 Å². The summed E-state index contributed by atoms with van der Waals surface area (Å²) in [5.41, 5.74) is 8.39. The molecule has 0 bridgehead atoms. The molecule has 1 fully saturated rings. The Morgan fingerprint density at radius 1 is 1.40 bits per heavy atom. The number of aromatic nitrogens is 3. The molecule has 1 saturated heterocycles. The van der Waals surface area contributed by atoms with E-state index < -0.39 is 9.84 Å². The molecule has 1 unspecified atom stereocenters. The van der Waals surface area contributed by atoms with Gasteiger partial charge in [-0.05, 0) is 25.5 Å². The molecule has 106 valence electrons. The van der Waals surface area contributed by atoms with Crippen molar-refractivity contribution in [3.63, 3.8) is 0 Å². The maximum absolute atomic E-state index is 11.6. The Hall–Kier alpha value is -1.89. The normalized spacial score (nSPS) is 21.1. The van der Waals surface area contributed by atoms with Crippen LogP contribution in [0, 0.1) is 6.92 Å². The number of hydrogen-bond acceptors (Lipinski definition) is 5. The third-order valence-corrected chi connectivity index (χ3v) is 5.41. The summed E-state index contributed by atoms with van der Waals surface area (Å²) < 4.78 is 24.8.